The zero-order valence-corrected chi connectivity index (χ0v) is 11.2. The van der Waals surface area contributed by atoms with Gasteiger partial charge in [0.05, 0.1) is 12.5 Å². The van der Waals surface area contributed by atoms with Crippen LogP contribution in [0, 0.1) is 5.92 Å². The molecule has 1 saturated carbocycles. The van der Waals surface area contributed by atoms with E-state index in [1.54, 1.807) is 0 Å². The predicted octanol–water partition coefficient (Wildman–Crippen LogP) is 1.82. The monoisotopic (exact) mass is 277 g/mol. The minimum atomic E-state index is -0.772. The lowest BCUT2D eigenvalue weighted by molar-refractivity contribution is -0.146. The van der Waals surface area contributed by atoms with Gasteiger partial charge in [0, 0.05) is 12.5 Å². The highest BCUT2D eigenvalue weighted by Crippen LogP contribution is 2.27. The summed E-state index contributed by atoms with van der Waals surface area (Å²) in [6.45, 7) is 0.500. The molecule has 0 unspecified atom stereocenters. The van der Waals surface area contributed by atoms with Crippen LogP contribution in [-0.4, -0.2) is 29.6 Å². The molecule has 5 heteroatoms. The van der Waals surface area contributed by atoms with Crippen LogP contribution in [-0.2, 0) is 9.59 Å². The Bertz CT molecular complexity index is 454. The van der Waals surface area contributed by atoms with Gasteiger partial charge in [0.2, 0.25) is 5.91 Å². The quantitative estimate of drug-likeness (QED) is 0.745. The van der Waals surface area contributed by atoms with Gasteiger partial charge < -0.3 is 15.2 Å². The van der Waals surface area contributed by atoms with E-state index in [4.69, 9.17) is 9.84 Å². The fourth-order valence-electron chi connectivity index (χ4n) is 2.18. The van der Waals surface area contributed by atoms with Gasteiger partial charge in [-0.15, -0.1) is 0 Å². The summed E-state index contributed by atoms with van der Waals surface area (Å²) in [6, 6.07) is 9.50. The Balaban J connectivity index is 1.54. The molecule has 1 fully saturated rings. The van der Waals surface area contributed by atoms with E-state index in [0.717, 1.165) is 5.75 Å². The van der Waals surface area contributed by atoms with Crippen molar-refractivity contribution in [1.29, 1.82) is 0 Å². The van der Waals surface area contributed by atoms with Gasteiger partial charge in [-0.25, -0.2) is 0 Å². The third kappa shape index (κ3) is 4.26. The van der Waals surface area contributed by atoms with Crippen molar-refractivity contribution < 1.29 is 19.4 Å². The molecule has 0 aromatic heterocycles. The van der Waals surface area contributed by atoms with Gasteiger partial charge in [0.25, 0.3) is 0 Å². The molecule has 2 N–H and O–H groups in total. The SMILES string of the molecule is O=C(CCCOc1ccccc1)NC1CC(C(=O)O)C1. The average molecular weight is 277 g/mol. The lowest BCUT2D eigenvalue weighted by Gasteiger charge is -2.32. The number of carbonyl (C=O) groups is 2. The fraction of sp³-hybridized carbons (Fsp3) is 0.467. The maximum absolute atomic E-state index is 11.6. The third-order valence-corrected chi connectivity index (χ3v) is 3.41. The molecule has 0 bridgehead atoms. The Hall–Kier alpha value is -2.04. The highest BCUT2D eigenvalue weighted by molar-refractivity contribution is 5.77. The maximum Gasteiger partial charge on any atom is 0.306 e. The number of carboxylic acid groups (broad SMARTS) is 1. The summed E-state index contributed by atoms with van der Waals surface area (Å²) < 4.78 is 5.49. The smallest absolute Gasteiger partial charge is 0.306 e. The molecule has 0 radical (unpaired) electrons. The van der Waals surface area contributed by atoms with Gasteiger partial charge in [-0.3, -0.25) is 9.59 Å². The van der Waals surface area contributed by atoms with E-state index in [1.165, 1.54) is 0 Å². The van der Waals surface area contributed by atoms with Crippen molar-refractivity contribution in [3.05, 3.63) is 30.3 Å². The largest absolute Gasteiger partial charge is 0.494 e. The zero-order valence-electron chi connectivity index (χ0n) is 11.2. The van der Waals surface area contributed by atoms with E-state index in [2.05, 4.69) is 5.32 Å². The Morgan fingerprint density at radius 3 is 2.60 bits per heavy atom. The summed E-state index contributed by atoms with van der Waals surface area (Å²) in [5.41, 5.74) is 0. The van der Waals surface area contributed by atoms with E-state index in [0.29, 0.717) is 32.3 Å². The third-order valence-electron chi connectivity index (χ3n) is 3.41. The number of benzene rings is 1. The number of carbonyl (C=O) groups excluding carboxylic acids is 1. The summed E-state index contributed by atoms with van der Waals surface area (Å²) >= 11 is 0. The van der Waals surface area contributed by atoms with Crippen molar-refractivity contribution >= 4 is 11.9 Å². The number of carboxylic acids is 1. The number of aliphatic carboxylic acids is 1. The first-order valence-electron chi connectivity index (χ1n) is 6.85. The highest BCUT2D eigenvalue weighted by atomic mass is 16.5. The Kier molecular flexibility index (Phi) is 4.98. The van der Waals surface area contributed by atoms with Gasteiger partial charge in [-0.1, -0.05) is 18.2 Å². The summed E-state index contributed by atoms with van der Waals surface area (Å²) in [7, 11) is 0. The summed E-state index contributed by atoms with van der Waals surface area (Å²) in [4.78, 5) is 22.2. The van der Waals surface area contributed by atoms with E-state index in [1.807, 2.05) is 30.3 Å². The predicted molar refractivity (Wildman–Crippen MR) is 73.5 cm³/mol. The van der Waals surface area contributed by atoms with Crippen LogP contribution in [0.15, 0.2) is 30.3 Å². The number of nitrogens with one attached hydrogen (secondary N) is 1. The first kappa shape index (κ1) is 14.4. The molecule has 0 heterocycles. The van der Waals surface area contributed by atoms with Crippen molar-refractivity contribution in [3.8, 4) is 5.75 Å². The Morgan fingerprint density at radius 2 is 1.95 bits per heavy atom. The van der Waals surface area contributed by atoms with Crippen molar-refractivity contribution in [2.45, 2.75) is 31.7 Å². The van der Waals surface area contributed by atoms with E-state index < -0.39 is 5.97 Å². The first-order valence-corrected chi connectivity index (χ1v) is 6.85. The molecule has 1 aliphatic carbocycles. The van der Waals surface area contributed by atoms with E-state index in [-0.39, 0.29) is 17.9 Å². The second-order valence-corrected chi connectivity index (χ2v) is 5.04. The van der Waals surface area contributed by atoms with Gasteiger partial charge in [-0.2, -0.15) is 0 Å². The van der Waals surface area contributed by atoms with Gasteiger partial charge in [0.1, 0.15) is 5.75 Å². The standard InChI is InChI=1S/C15H19NO4/c17-14(16-12-9-11(10-12)15(18)19)7-4-8-20-13-5-2-1-3-6-13/h1-3,5-6,11-12H,4,7-10H2,(H,16,17)(H,18,19). The van der Waals surface area contributed by atoms with Crippen molar-refractivity contribution in [2.24, 2.45) is 5.92 Å². The van der Waals surface area contributed by atoms with Crippen LogP contribution in [0.1, 0.15) is 25.7 Å². The number of rotatable bonds is 7. The molecule has 0 saturated heterocycles. The lowest BCUT2D eigenvalue weighted by Crippen LogP contribution is -2.46. The number of ether oxygens (including phenoxy) is 1. The van der Waals surface area contributed by atoms with Gasteiger partial charge in [0.15, 0.2) is 0 Å². The molecule has 108 valence electrons. The van der Waals surface area contributed by atoms with Crippen molar-refractivity contribution in [3.63, 3.8) is 0 Å². The lowest BCUT2D eigenvalue weighted by atomic mass is 9.80. The number of hydrogen-bond donors (Lipinski definition) is 2. The van der Waals surface area contributed by atoms with Crippen LogP contribution in [0.3, 0.4) is 0 Å². The van der Waals surface area contributed by atoms with Gasteiger partial charge in [-0.05, 0) is 31.4 Å². The fourth-order valence-corrected chi connectivity index (χ4v) is 2.18. The number of para-hydroxylation sites is 1. The molecular formula is C15H19NO4. The molecule has 2 rings (SSSR count). The second-order valence-electron chi connectivity index (χ2n) is 5.04. The minimum absolute atomic E-state index is 0.0265. The molecule has 1 aromatic carbocycles. The van der Waals surface area contributed by atoms with Crippen molar-refractivity contribution in [2.75, 3.05) is 6.61 Å². The molecule has 0 atom stereocenters. The van der Waals surface area contributed by atoms with Crippen LogP contribution in [0.4, 0.5) is 0 Å². The number of hydrogen-bond acceptors (Lipinski definition) is 3. The molecule has 1 amide bonds. The van der Waals surface area contributed by atoms with Crippen molar-refractivity contribution in [1.82, 2.24) is 5.32 Å². The molecule has 1 aromatic rings. The minimum Gasteiger partial charge on any atom is -0.494 e. The topological polar surface area (TPSA) is 75.6 Å². The molecular weight excluding hydrogens is 258 g/mol. The second kappa shape index (κ2) is 6.93. The first-order chi connectivity index (χ1) is 9.65. The normalized spacial score (nSPS) is 20.8. The molecule has 20 heavy (non-hydrogen) atoms. The summed E-state index contributed by atoms with van der Waals surface area (Å²) in [6.07, 6.45) is 2.14. The van der Waals surface area contributed by atoms with E-state index in [9.17, 15) is 9.59 Å². The average Bonchev–Trinajstić information content (AvgIpc) is 2.39. The van der Waals surface area contributed by atoms with Crippen LogP contribution in [0.25, 0.3) is 0 Å². The number of amides is 1. The molecule has 5 nitrogen and oxygen atoms in total. The maximum atomic E-state index is 11.6. The van der Waals surface area contributed by atoms with Crippen LogP contribution in [0.5, 0.6) is 5.75 Å². The van der Waals surface area contributed by atoms with Gasteiger partial charge >= 0.3 is 5.97 Å². The molecule has 0 spiro atoms. The van der Waals surface area contributed by atoms with Crippen LogP contribution in [0.2, 0.25) is 0 Å². The zero-order chi connectivity index (χ0) is 14.4. The van der Waals surface area contributed by atoms with Crippen LogP contribution >= 0.6 is 0 Å². The summed E-state index contributed by atoms with van der Waals surface area (Å²) in [5, 5.41) is 11.6. The molecule has 1 aliphatic rings. The molecule has 0 aliphatic heterocycles. The Labute approximate surface area is 117 Å². The Morgan fingerprint density at radius 1 is 1.25 bits per heavy atom. The van der Waals surface area contributed by atoms with Crippen LogP contribution < -0.4 is 10.1 Å². The highest BCUT2D eigenvalue weighted by Gasteiger charge is 2.34. The van der Waals surface area contributed by atoms with E-state index >= 15 is 0 Å². The summed E-state index contributed by atoms with van der Waals surface area (Å²) in [5.74, 6) is -0.292.